The quantitative estimate of drug-likeness (QED) is 0.676. The SMILES string of the molecule is COC(=O)[C@H](CC(C)C)NC(=O)COC(=O)c1ccc2c(=O)n3c(nc2c1)CCC3. The molecule has 2 aromatic rings. The molecule has 9 heteroatoms. The molecule has 0 saturated heterocycles. The predicted octanol–water partition coefficient (Wildman–Crippen LogP) is 1.20. The van der Waals surface area contributed by atoms with E-state index in [0.717, 1.165) is 12.8 Å². The van der Waals surface area contributed by atoms with Crippen molar-refractivity contribution in [2.24, 2.45) is 5.92 Å². The van der Waals surface area contributed by atoms with E-state index in [2.05, 4.69) is 10.3 Å². The van der Waals surface area contributed by atoms with Crippen LogP contribution in [-0.4, -0.2) is 47.2 Å². The number of rotatable bonds is 7. The average molecular weight is 415 g/mol. The molecule has 1 N–H and O–H groups in total. The highest BCUT2D eigenvalue weighted by Crippen LogP contribution is 2.16. The normalized spacial score (nSPS) is 13.7. The van der Waals surface area contributed by atoms with Gasteiger partial charge >= 0.3 is 11.9 Å². The number of aryl methyl sites for hydroxylation is 1. The third-order valence-corrected chi connectivity index (χ3v) is 4.91. The van der Waals surface area contributed by atoms with Crippen LogP contribution < -0.4 is 10.9 Å². The van der Waals surface area contributed by atoms with E-state index < -0.39 is 30.5 Å². The van der Waals surface area contributed by atoms with Crippen LogP contribution in [0.15, 0.2) is 23.0 Å². The molecule has 2 heterocycles. The maximum atomic E-state index is 12.5. The molecular formula is C21H25N3O6. The Kier molecular flexibility index (Phi) is 6.49. The number of hydrogen-bond acceptors (Lipinski definition) is 7. The number of nitrogens with zero attached hydrogens (tertiary/aromatic N) is 2. The number of esters is 2. The molecule has 0 spiro atoms. The van der Waals surface area contributed by atoms with Gasteiger partial charge in [-0.25, -0.2) is 14.6 Å². The van der Waals surface area contributed by atoms with Crippen molar-refractivity contribution in [3.8, 4) is 0 Å². The fraction of sp³-hybridized carbons (Fsp3) is 0.476. The van der Waals surface area contributed by atoms with Crippen LogP contribution in [0, 0.1) is 5.92 Å². The number of nitrogens with one attached hydrogen (secondary N) is 1. The number of ether oxygens (including phenoxy) is 2. The molecule has 0 bridgehead atoms. The zero-order chi connectivity index (χ0) is 21.8. The molecule has 0 radical (unpaired) electrons. The van der Waals surface area contributed by atoms with Crippen LogP contribution >= 0.6 is 0 Å². The van der Waals surface area contributed by atoms with Gasteiger partial charge < -0.3 is 14.8 Å². The lowest BCUT2D eigenvalue weighted by Gasteiger charge is -2.18. The Balaban J connectivity index is 1.66. The number of benzene rings is 1. The van der Waals surface area contributed by atoms with Crippen molar-refractivity contribution in [1.29, 1.82) is 0 Å². The van der Waals surface area contributed by atoms with Gasteiger partial charge in [0.1, 0.15) is 11.9 Å². The van der Waals surface area contributed by atoms with E-state index in [9.17, 15) is 19.2 Å². The number of carbonyl (C=O) groups is 3. The van der Waals surface area contributed by atoms with Gasteiger partial charge in [-0.2, -0.15) is 0 Å². The van der Waals surface area contributed by atoms with Gasteiger partial charge in [-0.1, -0.05) is 13.8 Å². The van der Waals surface area contributed by atoms with Gasteiger partial charge in [-0.05, 0) is 37.0 Å². The largest absolute Gasteiger partial charge is 0.467 e. The summed E-state index contributed by atoms with van der Waals surface area (Å²) in [6.45, 7) is 3.94. The van der Waals surface area contributed by atoms with E-state index in [0.29, 0.717) is 29.7 Å². The molecule has 0 saturated carbocycles. The van der Waals surface area contributed by atoms with E-state index >= 15 is 0 Å². The van der Waals surface area contributed by atoms with Gasteiger partial charge in [0.05, 0.1) is 23.6 Å². The number of carbonyl (C=O) groups excluding carboxylic acids is 3. The summed E-state index contributed by atoms with van der Waals surface area (Å²) in [5, 5.41) is 2.96. The molecule has 0 unspecified atom stereocenters. The maximum Gasteiger partial charge on any atom is 0.338 e. The molecule has 0 aliphatic carbocycles. The van der Waals surface area contributed by atoms with Crippen LogP contribution in [-0.2, 0) is 32.0 Å². The number of aromatic nitrogens is 2. The lowest BCUT2D eigenvalue weighted by molar-refractivity contribution is -0.145. The molecule has 3 rings (SSSR count). The number of amides is 1. The summed E-state index contributed by atoms with van der Waals surface area (Å²) >= 11 is 0. The second-order valence-electron chi connectivity index (χ2n) is 7.67. The van der Waals surface area contributed by atoms with Crippen LogP contribution in [0.25, 0.3) is 10.9 Å². The van der Waals surface area contributed by atoms with Gasteiger partial charge in [0.2, 0.25) is 0 Å². The van der Waals surface area contributed by atoms with Crippen LogP contribution in [0.5, 0.6) is 0 Å². The van der Waals surface area contributed by atoms with Crippen LogP contribution in [0.4, 0.5) is 0 Å². The second-order valence-corrected chi connectivity index (χ2v) is 7.67. The number of methoxy groups -OCH3 is 1. The first-order valence-corrected chi connectivity index (χ1v) is 9.88. The second kappa shape index (κ2) is 9.06. The summed E-state index contributed by atoms with van der Waals surface area (Å²) in [6, 6.07) is 3.71. The van der Waals surface area contributed by atoms with Crippen molar-refractivity contribution in [3.63, 3.8) is 0 Å². The van der Waals surface area contributed by atoms with E-state index in [1.807, 2.05) is 13.8 Å². The van der Waals surface area contributed by atoms with Crippen molar-refractivity contribution in [2.45, 2.75) is 45.7 Å². The molecule has 1 aliphatic rings. The topological polar surface area (TPSA) is 117 Å². The minimum Gasteiger partial charge on any atom is -0.467 e. The summed E-state index contributed by atoms with van der Waals surface area (Å²) < 4.78 is 11.4. The Bertz CT molecular complexity index is 1040. The average Bonchev–Trinajstić information content (AvgIpc) is 3.19. The van der Waals surface area contributed by atoms with Gasteiger partial charge in [-0.15, -0.1) is 0 Å². The smallest absolute Gasteiger partial charge is 0.338 e. The Morgan fingerprint density at radius 3 is 2.73 bits per heavy atom. The third-order valence-electron chi connectivity index (χ3n) is 4.91. The van der Waals surface area contributed by atoms with Crippen molar-refractivity contribution in [1.82, 2.24) is 14.9 Å². The first-order valence-electron chi connectivity index (χ1n) is 9.88. The predicted molar refractivity (Wildman–Crippen MR) is 108 cm³/mol. The summed E-state index contributed by atoms with van der Waals surface area (Å²) in [7, 11) is 1.25. The Hall–Kier alpha value is -3.23. The van der Waals surface area contributed by atoms with Gasteiger partial charge in [0.15, 0.2) is 6.61 Å². The highest BCUT2D eigenvalue weighted by Gasteiger charge is 2.23. The molecule has 9 nitrogen and oxygen atoms in total. The summed E-state index contributed by atoms with van der Waals surface area (Å²) in [6.07, 6.45) is 1.99. The first-order chi connectivity index (χ1) is 14.3. The standard InChI is InChI=1S/C21H25N3O6/c1-12(2)9-16(21(28)29-3)23-18(25)11-30-20(27)13-6-7-14-15(10-13)22-17-5-4-8-24(17)19(14)26/h6-7,10,12,16H,4-5,8-9,11H2,1-3H3,(H,23,25)/t16-/m0/s1. The lowest BCUT2D eigenvalue weighted by Crippen LogP contribution is -2.44. The van der Waals surface area contributed by atoms with Crippen LogP contribution in [0.2, 0.25) is 0 Å². The highest BCUT2D eigenvalue weighted by molar-refractivity contribution is 5.95. The zero-order valence-corrected chi connectivity index (χ0v) is 17.3. The van der Waals surface area contributed by atoms with Gasteiger partial charge in [0.25, 0.3) is 11.5 Å². The summed E-state index contributed by atoms with van der Waals surface area (Å²) in [5.41, 5.74) is 0.498. The summed E-state index contributed by atoms with van der Waals surface area (Å²) in [4.78, 5) is 53.2. The van der Waals surface area contributed by atoms with Crippen LogP contribution in [0.1, 0.15) is 42.9 Å². The number of fused-ring (bicyclic) bond motifs is 2. The minimum atomic E-state index is -0.804. The molecule has 0 fully saturated rings. The highest BCUT2D eigenvalue weighted by atomic mass is 16.5. The fourth-order valence-electron chi connectivity index (χ4n) is 3.49. The molecule has 30 heavy (non-hydrogen) atoms. The lowest BCUT2D eigenvalue weighted by atomic mass is 10.0. The van der Waals surface area contributed by atoms with Crippen molar-refractivity contribution in [2.75, 3.05) is 13.7 Å². The van der Waals surface area contributed by atoms with Crippen LogP contribution in [0.3, 0.4) is 0 Å². The molecule has 1 amide bonds. The molecule has 1 aromatic carbocycles. The Labute approximate surface area is 173 Å². The molecular weight excluding hydrogens is 390 g/mol. The number of hydrogen-bond donors (Lipinski definition) is 1. The first kappa shape index (κ1) is 21.5. The monoisotopic (exact) mass is 415 g/mol. The van der Waals surface area contributed by atoms with E-state index in [4.69, 9.17) is 9.47 Å². The van der Waals surface area contributed by atoms with Gasteiger partial charge in [0, 0.05) is 13.0 Å². The minimum absolute atomic E-state index is 0.120. The van der Waals surface area contributed by atoms with Crippen molar-refractivity contribution < 1.29 is 23.9 Å². The van der Waals surface area contributed by atoms with Crippen molar-refractivity contribution >= 4 is 28.7 Å². The van der Waals surface area contributed by atoms with E-state index in [1.54, 1.807) is 10.6 Å². The van der Waals surface area contributed by atoms with E-state index in [1.165, 1.54) is 19.2 Å². The fourth-order valence-corrected chi connectivity index (χ4v) is 3.49. The maximum absolute atomic E-state index is 12.5. The third kappa shape index (κ3) is 4.67. The molecule has 1 atom stereocenters. The van der Waals surface area contributed by atoms with Gasteiger partial charge in [-0.3, -0.25) is 14.2 Å². The molecule has 1 aromatic heterocycles. The summed E-state index contributed by atoms with van der Waals surface area (Å²) in [5.74, 6) is -1.01. The Morgan fingerprint density at radius 1 is 1.27 bits per heavy atom. The van der Waals surface area contributed by atoms with E-state index in [-0.39, 0.29) is 17.0 Å². The van der Waals surface area contributed by atoms with Crippen molar-refractivity contribution in [3.05, 3.63) is 39.9 Å². The molecule has 160 valence electrons. The zero-order valence-electron chi connectivity index (χ0n) is 17.3. The Morgan fingerprint density at radius 2 is 2.03 bits per heavy atom. The molecule has 1 aliphatic heterocycles.